The van der Waals surface area contributed by atoms with Crippen molar-refractivity contribution in [3.63, 3.8) is 0 Å². The van der Waals surface area contributed by atoms with Crippen molar-refractivity contribution in [2.75, 3.05) is 32.8 Å². The molecule has 0 amide bonds. The maximum atomic E-state index is 4.32. The Labute approximate surface area is 156 Å². The number of unbranched alkanes of at least 4 members (excludes halogenated alkanes) is 2. The van der Waals surface area contributed by atoms with Gasteiger partial charge in [-0.15, -0.1) is 0 Å². The third-order valence-corrected chi connectivity index (χ3v) is 10.6. The van der Waals surface area contributed by atoms with Gasteiger partial charge in [-0.2, -0.15) is 0 Å². The first-order chi connectivity index (χ1) is 11.6. The van der Waals surface area contributed by atoms with Gasteiger partial charge in [0.15, 0.2) is 5.96 Å². The van der Waals surface area contributed by atoms with E-state index in [0.717, 1.165) is 13.1 Å². The van der Waals surface area contributed by atoms with Crippen LogP contribution in [0.3, 0.4) is 0 Å². The molecule has 136 valence electrons. The lowest BCUT2D eigenvalue weighted by Crippen LogP contribution is -2.51. The first-order valence-corrected chi connectivity index (χ1v) is 13.9. The molecule has 1 saturated heterocycles. The van der Waals surface area contributed by atoms with E-state index in [4.69, 9.17) is 0 Å². The molecule has 3 heterocycles. The third kappa shape index (κ3) is 3.44. The van der Waals surface area contributed by atoms with Crippen LogP contribution in [-0.2, 0) is 0 Å². The van der Waals surface area contributed by atoms with Crippen LogP contribution in [0.5, 0.6) is 0 Å². The normalized spacial score (nSPS) is 32.2. The van der Waals surface area contributed by atoms with Gasteiger partial charge in [-0.1, -0.05) is 26.7 Å². The Bertz CT molecular complexity index is 442. The van der Waals surface area contributed by atoms with Crippen molar-refractivity contribution in [3.05, 3.63) is 24.8 Å². The van der Waals surface area contributed by atoms with Gasteiger partial charge in [0.05, 0.1) is 6.66 Å². The van der Waals surface area contributed by atoms with Crippen LogP contribution < -0.4 is 0 Å². The molecule has 0 bridgehead atoms. The zero-order valence-corrected chi connectivity index (χ0v) is 17.9. The van der Waals surface area contributed by atoms with Gasteiger partial charge in [-0.05, 0) is 19.3 Å². The highest BCUT2D eigenvalue weighted by Crippen LogP contribution is 2.75. The van der Waals surface area contributed by atoms with E-state index in [9.17, 15) is 0 Å². The molecule has 6 heteroatoms. The quantitative estimate of drug-likeness (QED) is 0.583. The van der Waals surface area contributed by atoms with Crippen LogP contribution in [0.1, 0.15) is 46.0 Å². The number of fused-ring (bicyclic) bond motifs is 2. The summed E-state index contributed by atoms with van der Waals surface area (Å²) < 4.78 is 0. The number of hydrogen-bond acceptors (Lipinski definition) is 4. The summed E-state index contributed by atoms with van der Waals surface area (Å²) in [5, 5.41) is 0. The summed E-state index contributed by atoms with van der Waals surface area (Å²) >= 11 is 4.32. The lowest BCUT2D eigenvalue weighted by atomic mass is 10.3. The van der Waals surface area contributed by atoms with Crippen LogP contribution in [-0.4, -0.2) is 64.3 Å². The van der Waals surface area contributed by atoms with Crippen molar-refractivity contribution in [2.24, 2.45) is 0 Å². The van der Waals surface area contributed by atoms with Gasteiger partial charge >= 0.3 is 0 Å². The second-order valence-electron chi connectivity index (χ2n) is 7.33. The first-order valence-electron chi connectivity index (χ1n) is 9.54. The van der Waals surface area contributed by atoms with Crippen LogP contribution in [0.4, 0.5) is 0 Å². The van der Waals surface area contributed by atoms with Crippen LogP contribution in [0.15, 0.2) is 24.8 Å². The summed E-state index contributed by atoms with van der Waals surface area (Å²) in [5.41, 5.74) is 0. The maximum absolute atomic E-state index is 4.32. The van der Waals surface area contributed by atoms with E-state index < -0.39 is 5.96 Å². The summed E-state index contributed by atoms with van der Waals surface area (Å²) in [5.74, 6) is -0.415. The predicted octanol–water partition coefficient (Wildman–Crippen LogP) is 4.69. The van der Waals surface area contributed by atoms with Crippen molar-refractivity contribution in [3.8, 4) is 0 Å². The summed E-state index contributed by atoms with van der Waals surface area (Å²) in [6.07, 6.45) is 15.7. The molecule has 0 radical (unpaired) electrons. The number of hydrogen-bond donors (Lipinski definition) is 0. The van der Waals surface area contributed by atoms with Gasteiger partial charge in [0.2, 0.25) is 11.8 Å². The number of nitrogens with zero attached hydrogens (tertiary/aromatic N) is 4. The molecule has 2 atom stereocenters. The van der Waals surface area contributed by atoms with Gasteiger partial charge in [-0.25, -0.2) is 0 Å². The predicted molar refractivity (Wildman–Crippen MR) is 109 cm³/mol. The highest BCUT2D eigenvalue weighted by Gasteiger charge is 2.59. The smallest absolute Gasteiger partial charge is 0.229 e. The van der Waals surface area contributed by atoms with E-state index in [1.165, 1.54) is 45.2 Å². The first kappa shape index (κ1) is 18.4. The van der Waals surface area contributed by atoms with Gasteiger partial charge < -0.3 is 19.6 Å². The molecule has 0 spiro atoms. The topological polar surface area (TPSA) is 13.0 Å². The Morgan fingerprint density at radius 3 is 1.75 bits per heavy atom. The van der Waals surface area contributed by atoms with E-state index in [1.54, 1.807) is 0 Å². The lowest BCUT2D eigenvalue weighted by molar-refractivity contribution is 0.166. The van der Waals surface area contributed by atoms with E-state index >= 15 is 0 Å². The Kier molecular flexibility index (Phi) is 6.02. The fourth-order valence-corrected chi connectivity index (χ4v) is 10.3. The van der Waals surface area contributed by atoms with Gasteiger partial charge in [0, 0.05) is 51.0 Å². The van der Waals surface area contributed by atoms with Crippen LogP contribution in [0.2, 0.25) is 0 Å². The van der Waals surface area contributed by atoms with E-state index in [0.29, 0.717) is 11.8 Å². The van der Waals surface area contributed by atoms with Gasteiger partial charge in [0.25, 0.3) is 0 Å². The molecule has 3 aliphatic rings. The van der Waals surface area contributed by atoms with E-state index in [-0.39, 0.29) is 0 Å². The van der Waals surface area contributed by atoms with Crippen molar-refractivity contribution < 1.29 is 0 Å². The zero-order chi connectivity index (χ0) is 17.2. The van der Waals surface area contributed by atoms with Crippen molar-refractivity contribution in [1.29, 1.82) is 0 Å². The van der Waals surface area contributed by atoms with Gasteiger partial charge in [0.1, 0.15) is 15.5 Å². The summed E-state index contributed by atoms with van der Waals surface area (Å²) in [6, 6.07) is 0. The van der Waals surface area contributed by atoms with Gasteiger partial charge in [-0.3, -0.25) is 0 Å². The maximum Gasteiger partial charge on any atom is 0.229 e. The van der Waals surface area contributed by atoms with E-state index in [2.05, 4.69) is 80.4 Å². The molecule has 1 fully saturated rings. The molecule has 0 aliphatic carbocycles. The number of halogens is 1. The average molecular weight is 416 g/mol. The standard InChI is InChI=1S/C18H33BrN4P/c1-4-6-9-20-13-15-22-11-8-12-23-16-14-21(10-7-5-2)18(23)24(3,19)17(20)22/h13-18H,4-12H2,1-3H3/q+1. The van der Waals surface area contributed by atoms with Crippen LogP contribution in [0.25, 0.3) is 0 Å². The fraction of sp³-hybridized carbons (Fsp3) is 0.778. The zero-order valence-electron chi connectivity index (χ0n) is 15.4. The summed E-state index contributed by atoms with van der Waals surface area (Å²) in [7, 11) is 0. The van der Waals surface area contributed by atoms with Crippen molar-refractivity contribution in [2.45, 2.75) is 57.8 Å². The van der Waals surface area contributed by atoms with Crippen LogP contribution >= 0.6 is 21.5 Å². The second kappa shape index (κ2) is 7.86. The monoisotopic (exact) mass is 415 g/mol. The molecule has 0 saturated carbocycles. The molecule has 0 aromatic carbocycles. The average Bonchev–Trinajstić information content (AvgIpc) is 3.14. The highest BCUT2D eigenvalue weighted by atomic mass is 79.9. The Balaban J connectivity index is 1.84. The molecule has 0 aromatic heterocycles. The Hall–Kier alpha value is -0.410. The summed E-state index contributed by atoms with van der Waals surface area (Å²) in [4.78, 5) is 10.4. The molecule has 4 nitrogen and oxygen atoms in total. The molecule has 0 aromatic rings. The molecule has 24 heavy (non-hydrogen) atoms. The SMILES string of the molecule is CCCCN1C=CN2CCCN3C=CN(CCCC)C3[P+](C)(Br)C12. The Morgan fingerprint density at radius 1 is 0.875 bits per heavy atom. The summed E-state index contributed by atoms with van der Waals surface area (Å²) in [6.45, 7) is 11.7. The minimum atomic E-state index is -1.42. The van der Waals surface area contributed by atoms with E-state index in [1.807, 2.05) is 0 Å². The molecular formula is C18H33BrN4P+. The minimum absolute atomic E-state index is 0.501. The molecule has 3 rings (SSSR count). The fourth-order valence-electron chi connectivity index (χ4n) is 4.19. The molecule has 0 N–H and O–H groups in total. The minimum Gasteiger partial charge on any atom is -0.324 e. The molecule has 2 unspecified atom stereocenters. The molecular weight excluding hydrogens is 383 g/mol. The third-order valence-electron chi connectivity index (χ3n) is 5.36. The lowest BCUT2D eigenvalue weighted by Gasteiger charge is -2.45. The largest absolute Gasteiger partial charge is 0.324 e. The Morgan fingerprint density at radius 2 is 1.33 bits per heavy atom. The van der Waals surface area contributed by atoms with Crippen molar-refractivity contribution in [1.82, 2.24) is 19.6 Å². The van der Waals surface area contributed by atoms with Crippen LogP contribution in [0, 0.1) is 0 Å². The van der Waals surface area contributed by atoms with Crippen molar-refractivity contribution >= 4 is 21.5 Å². The second-order valence-corrected chi connectivity index (χ2v) is 14.9. The highest BCUT2D eigenvalue weighted by molar-refractivity contribution is 9.42. The number of rotatable bonds is 6. The molecule has 3 aliphatic heterocycles.